The van der Waals surface area contributed by atoms with Crippen molar-refractivity contribution < 1.29 is 9.47 Å². The number of benzene rings is 3. The smallest absolute Gasteiger partial charge is 0.224 e. The van der Waals surface area contributed by atoms with E-state index < -0.39 is 0 Å². The number of fused-ring (bicyclic) bond motifs is 1. The predicted molar refractivity (Wildman–Crippen MR) is 126 cm³/mol. The molecule has 0 saturated heterocycles. The Kier molecular flexibility index (Phi) is 6.30. The van der Waals surface area contributed by atoms with Crippen LogP contribution in [0, 0.1) is 0 Å². The fourth-order valence-corrected chi connectivity index (χ4v) is 3.50. The quantitative estimate of drug-likeness (QED) is 0.278. The molecule has 1 N–H and O–H groups in total. The highest BCUT2D eigenvalue weighted by molar-refractivity contribution is 6.32. The number of nitrogens with one attached hydrogen (secondary N) is 1. The van der Waals surface area contributed by atoms with Crippen LogP contribution >= 0.6 is 23.2 Å². The van der Waals surface area contributed by atoms with E-state index in [2.05, 4.69) is 15.5 Å². The maximum absolute atomic E-state index is 6.45. The first-order valence-electron chi connectivity index (χ1n) is 9.50. The first kappa shape index (κ1) is 21.0. The van der Waals surface area contributed by atoms with E-state index in [1.54, 1.807) is 19.4 Å². The summed E-state index contributed by atoms with van der Waals surface area (Å²) in [7, 11) is 3.50. The number of halogens is 2. The standard InChI is InChI=1S/C23H20Cl2N4O2/c1-29-20-6-4-3-5-19(20)27-23(29)28-26-13-16-11-18(25)22(21(12-16)30-2)31-14-15-7-9-17(24)10-8-15/h3-13H,14H2,1-2H3,(H,27,28)/b26-13-. The molecular formula is C23H20Cl2N4O2. The summed E-state index contributed by atoms with van der Waals surface area (Å²) in [5.41, 5.74) is 6.62. The number of imidazole rings is 1. The molecule has 158 valence electrons. The molecule has 0 saturated carbocycles. The number of aromatic nitrogens is 2. The maximum Gasteiger partial charge on any atom is 0.224 e. The van der Waals surface area contributed by atoms with Crippen LogP contribution < -0.4 is 14.9 Å². The molecule has 8 heteroatoms. The number of hydrazone groups is 1. The number of nitrogens with zero attached hydrogens (tertiary/aromatic N) is 3. The van der Waals surface area contributed by atoms with Gasteiger partial charge in [-0.1, -0.05) is 47.5 Å². The van der Waals surface area contributed by atoms with Crippen molar-refractivity contribution in [1.82, 2.24) is 9.55 Å². The van der Waals surface area contributed by atoms with Crippen LogP contribution in [-0.2, 0) is 13.7 Å². The second-order valence-corrected chi connectivity index (χ2v) is 7.65. The Morgan fingerprint density at radius 2 is 1.87 bits per heavy atom. The molecule has 0 atom stereocenters. The van der Waals surface area contributed by atoms with Crippen LogP contribution in [-0.4, -0.2) is 22.9 Å². The molecule has 0 aliphatic rings. The Morgan fingerprint density at radius 1 is 1.10 bits per heavy atom. The number of hydrogen-bond acceptors (Lipinski definition) is 5. The number of hydrogen-bond donors (Lipinski definition) is 1. The number of anilines is 1. The zero-order valence-electron chi connectivity index (χ0n) is 17.0. The number of para-hydroxylation sites is 2. The largest absolute Gasteiger partial charge is 0.493 e. The SMILES string of the molecule is COc1cc(/C=N\Nc2nc3ccccc3n2C)cc(Cl)c1OCc1ccc(Cl)cc1. The van der Waals surface area contributed by atoms with Gasteiger partial charge in [-0.3, -0.25) is 0 Å². The molecule has 0 aliphatic carbocycles. The molecule has 1 heterocycles. The van der Waals surface area contributed by atoms with Crippen molar-refractivity contribution in [1.29, 1.82) is 0 Å². The van der Waals surface area contributed by atoms with Crippen LogP contribution in [0.15, 0.2) is 65.8 Å². The summed E-state index contributed by atoms with van der Waals surface area (Å²) < 4.78 is 13.3. The van der Waals surface area contributed by atoms with E-state index in [1.165, 1.54) is 0 Å². The molecule has 0 unspecified atom stereocenters. The Bertz CT molecular complexity index is 1240. The molecule has 0 radical (unpaired) electrons. The van der Waals surface area contributed by atoms with Crippen molar-refractivity contribution in [3.8, 4) is 11.5 Å². The molecule has 0 aliphatic heterocycles. The summed E-state index contributed by atoms with van der Waals surface area (Å²) in [6, 6.07) is 18.9. The fourth-order valence-electron chi connectivity index (χ4n) is 3.10. The van der Waals surface area contributed by atoms with Gasteiger partial charge in [-0.2, -0.15) is 5.10 Å². The molecule has 31 heavy (non-hydrogen) atoms. The summed E-state index contributed by atoms with van der Waals surface area (Å²) >= 11 is 12.4. The highest BCUT2D eigenvalue weighted by atomic mass is 35.5. The Balaban J connectivity index is 1.49. The van der Waals surface area contributed by atoms with Crippen molar-refractivity contribution in [2.24, 2.45) is 12.1 Å². The van der Waals surface area contributed by atoms with Gasteiger partial charge in [-0.05, 0) is 47.5 Å². The van der Waals surface area contributed by atoms with E-state index in [9.17, 15) is 0 Å². The van der Waals surface area contributed by atoms with Gasteiger partial charge in [0, 0.05) is 12.1 Å². The molecule has 0 spiro atoms. The number of aryl methyl sites for hydroxylation is 1. The van der Waals surface area contributed by atoms with E-state index in [1.807, 2.05) is 66.2 Å². The van der Waals surface area contributed by atoms with Crippen LogP contribution in [0.5, 0.6) is 11.5 Å². The van der Waals surface area contributed by atoms with Crippen LogP contribution in [0.1, 0.15) is 11.1 Å². The Labute approximate surface area is 190 Å². The Morgan fingerprint density at radius 3 is 2.61 bits per heavy atom. The second kappa shape index (κ2) is 9.29. The molecule has 4 aromatic rings. The lowest BCUT2D eigenvalue weighted by Crippen LogP contribution is -2.01. The normalized spacial score (nSPS) is 11.2. The molecular weight excluding hydrogens is 435 g/mol. The summed E-state index contributed by atoms with van der Waals surface area (Å²) in [5, 5.41) is 5.39. The lowest BCUT2D eigenvalue weighted by molar-refractivity contribution is 0.284. The third-order valence-corrected chi connectivity index (χ3v) is 5.25. The first-order chi connectivity index (χ1) is 15.0. The molecule has 0 bridgehead atoms. The van der Waals surface area contributed by atoms with E-state index in [0.717, 1.165) is 22.2 Å². The second-order valence-electron chi connectivity index (χ2n) is 6.80. The highest BCUT2D eigenvalue weighted by Gasteiger charge is 2.12. The number of ether oxygens (including phenoxy) is 2. The van der Waals surface area contributed by atoms with Gasteiger partial charge in [0.2, 0.25) is 5.95 Å². The van der Waals surface area contributed by atoms with Gasteiger partial charge in [0.25, 0.3) is 0 Å². The van der Waals surface area contributed by atoms with Crippen molar-refractivity contribution in [3.05, 3.63) is 81.8 Å². The van der Waals surface area contributed by atoms with Crippen molar-refractivity contribution in [2.45, 2.75) is 6.61 Å². The maximum atomic E-state index is 6.45. The molecule has 0 amide bonds. The van der Waals surface area contributed by atoms with Gasteiger partial charge in [0.1, 0.15) is 6.61 Å². The van der Waals surface area contributed by atoms with Crippen LogP contribution in [0.4, 0.5) is 5.95 Å². The third-order valence-electron chi connectivity index (χ3n) is 4.71. The van der Waals surface area contributed by atoms with E-state index in [-0.39, 0.29) is 0 Å². The van der Waals surface area contributed by atoms with E-state index in [4.69, 9.17) is 32.7 Å². The molecule has 4 rings (SSSR count). The average Bonchev–Trinajstić information content (AvgIpc) is 3.09. The summed E-state index contributed by atoms with van der Waals surface area (Å²) in [5.74, 6) is 1.63. The predicted octanol–water partition coefficient (Wildman–Crippen LogP) is 5.91. The lowest BCUT2D eigenvalue weighted by atomic mass is 10.2. The fraction of sp³-hybridized carbons (Fsp3) is 0.130. The number of rotatable bonds is 7. The van der Waals surface area contributed by atoms with Gasteiger partial charge in [-0.15, -0.1) is 0 Å². The zero-order valence-corrected chi connectivity index (χ0v) is 18.5. The molecule has 6 nitrogen and oxygen atoms in total. The minimum absolute atomic E-state index is 0.342. The van der Waals surface area contributed by atoms with Crippen molar-refractivity contribution >= 4 is 46.4 Å². The summed E-state index contributed by atoms with van der Waals surface area (Å²) in [6.45, 7) is 0.342. The van der Waals surface area contributed by atoms with Crippen LogP contribution in [0.3, 0.4) is 0 Å². The van der Waals surface area contributed by atoms with E-state index in [0.29, 0.717) is 34.1 Å². The number of methoxy groups -OCH3 is 1. The van der Waals surface area contributed by atoms with Crippen molar-refractivity contribution in [2.75, 3.05) is 12.5 Å². The third kappa shape index (κ3) is 4.76. The van der Waals surface area contributed by atoms with Crippen LogP contribution in [0.2, 0.25) is 10.0 Å². The summed E-state index contributed by atoms with van der Waals surface area (Å²) in [4.78, 5) is 4.53. The van der Waals surface area contributed by atoms with Gasteiger partial charge >= 0.3 is 0 Å². The molecule has 3 aromatic carbocycles. The van der Waals surface area contributed by atoms with Crippen molar-refractivity contribution in [3.63, 3.8) is 0 Å². The molecule has 1 aromatic heterocycles. The van der Waals surface area contributed by atoms with Gasteiger partial charge in [0.05, 0.1) is 29.4 Å². The lowest BCUT2D eigenvalue weighted by Gasteiger charge is -2.13. The highest BCUT2D eigenvalue weighted by Crippen LogP contribution is 2.36. The zero-order chi connectivity index (χ0) is 21.8. The monoisotopic (exact) mass is 454 g/mol. The minimum atomic E-state index is 0.342. The van der Waals surface area contributed by atoms with E-state index >= 15 is 0 Å². The van der Waals surface area contributed by atoms with Gasteiger partial charge in [0.15, 0.2) is 11.5 Å². The first-order valence-corrected chi connectivity index (χ1v) is 10.3. The minimum Gasteiger partial charge on any atom is -0.493 e. The molecule has 0 fully saturated rings. The summed E-state index contributed by atoms with van der Waals surface area (Å²) in [6.07, 6.45) is 1.65. The van der Waals surface area contributed by atoms with Crippen LogP contribution in [0.25, 0.3) is 11.0 Å². The average molecular weight is 455 g/mol. The Hall–Kier alpha value is -3.22. The van der Waals surface area contributed by atoms with Gasteiger partial charge in [-0.25, -0.2) is 10.4 Å². The topological polar surface area (TPSA) is 60.7 Å². The van der Waals surface area contributed by atoms with Gasteiger partial charge < -0.3 is 14.0 Å².